The molecule has 1 atom stereocenters. The highest BCUT2D eigenvalue weighted by Crippen LogP contribution is 2.42. The molecular formula is C13H14F2N2O5. The van der Waals surface area contributed by atoms with Crippen LogP contribution in [0.4, 0.5) is 8.78 Å². The Morgan fingerprint density at radius 2 is 2.05 bits per heavy atom. The Morgan fingerprint density at radius 3 is 2.55 bits per heavy atom. The number of carbonyl (C=O) groups excluding carboxylic acids is 1. The first kappa shape index (κ1) is 16.1. The predicted octanol–water partition coefficient (Wildman–Crippen LogP) is 1.32. The fraction of sp³-hybridized carbons (Fsp3) is 0.538. The number of fused-ring (bicyclic) bond motifs is 1. The number of halogens is 2. The molecule has 1 aromatic heterocycles. The fourth-order valence-corrected chi connectivity index (χ4v) is 2.16. The topological polar surface area (TPSA) is 98.5 Å². The Kier molecular flexibility index (Phi) is 3.54. The lowest BCUT2D eigenvalue weighted by molar-refractivity contribution is -0.160. The highest BCUT2D eigenvalue weighted by Gasteiger charge is 2.51. The highest BCUT2D eigenvalue weighted by molar-refractivity contribution is 5.87. The summed E-state index contributed by atoms with van der Waals surface area (Å²) in [5, 5.41) is 8.88. The average Bonchev–Trinajstić information content (AvgIpc) is 2.60. The van der Waals surface area contributed by atoms with Crippen LogP contribution in [0.3, 0.4) is 0 Å². The van der Waals surface area contributed by atoms with Crippen LogP contribution in [0.25, 0.3) is 0 Å². The number of aromatic nitrogens is 2. The summed E-state index contributed by atoms with van der Waals surface area (Å²) in [4.78, 5) is 38.4. The van der Waals surface area contributed by atoms with Crippen LogP contribution in [0.2, 0.25) is 0 Å². The van der Waals surface area contributed by atoms with Crippen LogP contribution in [-0.2, 0) is 15.5 Å². The van der Waals surface area contributed by atoms with Gasteiger partial charge in [-0.05, 0) is 20.8 Å². The van der Waals surface area contributed by atoms with E-state index in [1.54, 1.807) is 20.8 Å². The molecule has 1 aliphatic rings. The number of aromatic carboxylic acids is 1. The van der Waals surface area contributed by atoms with Gasteiger partial charge in [0.2, 0.25) is 0 Å². The average molecular weight is 316 g/mol. The Morgan fingerprint density at radius 1 is 1.45 bits per heavy atom. The molecule has 0 aliphatic carbocycles. The molecule has 1 N–H and O–H groups in total. The number of alkyl halides is 2. The van der Waals surface area contributed by atoms with Crippen molar-refractivity contribution in [2.24, 2.45) is 0 Å². The van der Waals surface area contributed by atoms with Crippen molar-refractivity contribution in [2.45, 2.75) is 44.8 Å². The zero-order valence-electron chi connectivity index (χ0n) is 12.1. The highest BCUT2D eigenvalue weighted by atomic mass is 19.3. The molecule has 0 unspecified atom stereocenters. The van der Waals surface area contributed by atoms with Crippen molar-refractivity contribution in [3.63, 3.8) is 0 Å². The number of nitrogens with zero attached hydrogens (tertiary/aromatic N) is 2. The van der Waals surface area contributed by atoms with E-state index in [1.165, 1.54) is 0 Å². The zero-order valence-corrected chi connectivity index (χ0v) is 12.1. The van der Waals surface area contributed by atoms with Gasteiger partial charge in [-0.15, -0.1) is 0 Å². The summed E-state index contributed by atoms with van der Waals surface area (Å²) in [6.45, 7) is 4.65. The number of hydrogen-bond donors (Lipinski definition) is 1. The van der Waals surface area contributed by atoms with Gasteiger partial charge >= 0.3 is 17.9 Å². The maximum atomic E-state index is 13.9. The van der Waals surface area contributed by atoms with E-state index in [0.29, 0.717) is 10.8 Å². The van der Waals surface area contributed by atoms with Crippen LogP contribution in [0.15, 0.2) is 11.0 Å². The minimum Gasteiger partial charge on any atom is -0.477 e. The van der Waals surface area contributed by atoms with Crippen molar-refractivity contribution in [2.75, 3.05) is 0 Å². The van der Waals surface area contributed by atoms with E-state index in [2.05, 4.69) is 4.98 Å². The van der Waals surface area contributed by atoms with Crippen molar-refractivity contribution >= 4 is 11.9 Å². The van der Waals surface area contributed by atoms with E-state index >= 15 is 0 Å². The second-order valence-corrected chi connectivity index (χ2v) is 5.93. The molecule has 120 valence electrons. The molecule has 0 amide bonds. The lowest BCUT2D eigenvalue weighted by Gasteiger charge is -2.22. The normalized spacial score (nSPS) is 19.6. The summed E-state index contributed by atoms with van der Waals surface area (Å²) in [6, 6.07) is -1.61. The predicted molar refractivity (Wildman–Crippen MR) is 68.8 cm³/mol. The van der Waals surface area contributed by atoms with Gasteiger partial charge in [-0.25, -0.2) is 14.6 Å². The minimum absolute atomic E-state index is 0.414. The Balaban J connectivity index is 2.57. The number of carbonyl (C=O) groups is 2. The van der Waals surface area contributed by atoms with E-state index < -0.39 is 52.9 Å². The van der Waals surface area contributed by atoms with Crippen molar-refractivity contribution < 1.29 is 28.2 Å². The third-order valence-electron chi connectivity index (χ3n) is 2.99. The Hall–Kier alpha value is -2.32. The summed E-state index contributed by atoms with van der Waals surface area (Å²) < 4.78 is 33.3. The van der Waals surface area contributed by atoms with Crippen molar-refractivity contribution in [3.05, 3.63) is 27.9 Å². The summed E-state index contributed by atoms with van der Waals surface area (Å²) >= 11 is 0. The zero-order chi connectivity index (χ0) is 16.9. The summed E-state index contributed by atoms with van der Waals surface area (Å²) in [5.41, 5.74) is -2.92. The molecule has 9 heteroatoms. The van der Waals surface area contributed by atoms with E-state index in [9.17, 15) is 23.2 Å². The van der Waals surface area contributed by atoms with E-state index in [1.807, 2.05) is 0 Å². The fourth-order valence-electron chi connectivity index (χ4n) is 2.16. The van der Waals surface area contributed by atoms with Crippen molar-refractivity contribution in [1.82, 2.24) is 9.55 Å². The molecule has 7 nitrogen and oxygen atoms in total. The Labute approximate surface area is 123 Å². The molecule has 1 aliphatic heterocycles. The van der Waals surface area contributed by atoms with Gasteiger partial charge < -0.3 is 9.84 Å². The maximum absolute atomic E-state index is 13.9. The smallest absolute Gasteiger partial charge is 0.342 e. The number of hydrogen-bond acceptors (Lipinski definition) is 5. The Bertz CT molecular complexity index is 705. The van der Waals surface area contributed by atoms with Crippen molar-refractivity contribution in [3.8, 4) is 0 Å². The molecule has 0 aromatic carbocycles. The number of esters is 1. The number of rotatable bonds is 2. The quantitative estimate of drug-likeness (QED) is 0.826. The van der Waals surface area contributed by atoms with Crippen LogP contribution in [0.5, 0.6) is 0 Å². The first-order chi connectivity index (χ1) is 9.94. The molecule has 22 heavy (non-hydrogen) atoms. The molecule has 1 aromatic rings. The van der Waals surface area contributed by atoms with Gasteiger partial charge in [-0.2, -0.15) is 8.78 Å². The lowest BCUT2D eigenvalue weighted by atomic mass is 10.1. The monoisotopic (exact) mass is 316 g/mol. The molecule has 2 heterocycles. The van der Waals surface area contributed by atoms with Gasteiger partial charge in [0, 0.05) is 6.20 Å². The van der Waals surface area contributed by atoms with E-state index in [-0.39, 0.29) is 0 Å². The van der Waals surface area contributed by atoms with Gasteiger partial charge in [0.1, 0.15) is 17.2 Å². The van der Waals surface area contributed by atoms with Crippen LogP contribution >= 0.6 is 0 Å². The molecular weight excluding hydrogens is 302 g/mol. The van der Waals surface area contributed by atoms with Crippen LogP contribution in [0.1, 0.15) is 49.4 Å². The standard InChI is InChI=1S/C13H14F2N2O5/c1-12(2,3)22-10(21)7-4-13(14,15)11-16-5-6(9(19)20)8(18)17(7)11/h5,7H,4H2,1-3H3,(H,19,20)/t7-/m0/s1. The molecule has 2 rings (SSSR count). The van der Waals surface area contributed by atoms with Gasteiger partial charge in [-0.3, -0.25) is 9.36 Å². The molecule has 0 saturated heterocycles. The SMILES string of the molecule is CC(C)(C)OC(=O)[C@@H]1CC(F)(F)c2ncc(C(=O)O)c(=O)n21. The minimum atomic E-state index is -3.52. The van der Waals surface area contributed by atoms with Gasteiger partial charge in [-0.1, -0.05) is 0 Å². The van der Waals surface area contributed by atoms with Crippen LogP contribution in [-0.4, -0.2) is 32.2 Å². The third kappa shape index (κ3) is 2.70. The van der Waals surface area contributed by atoms with Gasteiger partial charge in [0.05, 0.1) is 6.42 Å². The number of ether oxygens (including phenoxy) is 1. The molecule has 0 bridgehead atoms. The second kappa shape index (κ2) is 4.85. The molecule has 0 fully saturated rings. The molecule has 0 saturated carbocycles. The van der Waals surface area contributed by atoms with Crippen molar-refractivity contribution in [1.29, 1.82) is 0 Å². The number of carboxylic acid groups (broad SMARTS) is 1. The maximum Gasteiger partial charge on any atom is 0.342 e. The van der Waals surface area contributed by atoms with Gasteiger partial charge in [0.15, 0.2) is 5.82 Å². The number of carboxylic acids is 1. The summed E-state index contributed by atoms with van der Waals surface area (Å²) in [6.07, 6.45) is -0.422. The van der Waals surface area contributed by atoms with E-state index in [0.717, 1.165) is 0 Å². The van der Waals surface area contributed by atoms with Gasteiger partial charge in [0.25, 0.3) is 5.56 Å². The van der Waals surface area contributed by atoms with Crippen LogP contribution < -0.4 is 5.56 Å². The summed E-state index contributed by atoms with van der Waals surface area (Å²) in [5.74, 6) is -7.08. The van der Waals surface area contributed by atoms with E-state index in [4.69, 9.17) is 9.84 Å². The van der Waals surface area contributed by atoms with Crippen LogP contribution in [0, 0.1) is 0 Å². The second-order valence-electron chi connectivity index (χ2n) is 5.93. The lowest BCUT2D eigenvalue weighted by Crippen LogP contribution is -2.35. The largest absolute Gasteiger partial charge is 0.477 e. The third-order valence-corrected chi connectivity index (χ3v) is 2.99. The first-order valence-corrected chi connectivity index (χ1v) is 6.40. The first-order valence-electron chi connectivity index (χ1n) is 6.40. The summed E-state index contributed by atoms with van der Waals surface area (Å²) in [7, 11) is 0. The molecule has 0 radical (unpaired) electrons. The molecule has 0 spiro atoms.